The number of rotatable bonds is 9. The Labute approximate surface area is 187 Å². The highest BCUT2D eigenvalue weighted by atomic mass is 35.5. The lowest BCUT2D eigenvalue weighted by molar-refractivity contribution is 0.269. The first-order valence-corrected chi connectivity index (χ1v) is 9.72. The van der Waals surface area contributed by atoms with E-state index in [9.17, 15) is 0 Å². The third kappa shape index (κ3) is 7.49. The average Bonchev–Trinajstić information content (AvgIpc) is 3.16. The molecule has 0 radical (unpaired) electrons. The fraction of sp³-hybridized carbons (Fsp3) is 0.250. The number of benzene rings is 1. The van der Waals surface area contributed by atoms with Crippen LogP contribution in [0.1, 0.15) is 22.9 Å². The second-order valence-electron chi connectivity index (χ2n) is 5.67. The van der Waals surface area contributed by atoms with Gasteiger partial charge in [0.05, 0.1) is 6.61 Å². The molecule has 2 aromatic heterocycles. The van der Waals surface area contributed by atoms with Gasteiger partial charge >= 0.3 is 0 Å². The molecule has 0 aliphatic carbocycles. The number of aromatic nitrogens is 1. The van der Waals surface area contributed by atoms with Gasteiger partial charge in [0.1, 0.15) is 11.8 Å². The lowest BCUT2D eigenvalue weighted by Gasteiger charge is -2.14. The summed E-state index contributed by atoms with van der Waals surface area (Å²) in [6.07, 6.45) is 1.71. The molecular weight excluding hydrogens is 439 g/mol. The zero-order valence-electron chi connectivity index (χ0n) is 15.4. The molecule has 8 heteroatoms. The Morgan fingerprint density at radius 1 is 1.00 bits per heavy atom. The Morgan fingerprint density at radius 2 is 1.82 bits per heavy atom. The molecule has 152 valence electrons. The van der Waals surface area contributed by atoms with Gasteiger partial charge in [-0.05, 0) is 42.1 Å². The molecule has 0 saturated carbocycles. The van der Waals surface area contributed by atoms with Crippen molar-refractivity contribution in [1.82, 2.24) is 10.3 Å². The van der Waals surface area contributed by atoms with Crippen LogP contribution >= 0.6 is 47.8 Å². The maximum absolute atomic E-state index is 5.91. The zero-order valence-corrected chi connectivity index (χ0v) is 18.6. The first-order chi connectivity index (χ1) is 12.7. The summed E-state index contributed by atoms with van der Waals surface area (Å²) in [5, 5.41) is 6.01. The highest BCUT2D eigenvalue weighted by Crippen LogP contribution is 2.29. The number of nitrogens with one attached hydrogen (secondary N) is 1. The van der Waals surface area contributed by atoms with Crippen LogP contribution in [0.25, 0.3) is 0 Å². The molecule has 0 spiro atoms. The van der Waals surface area contributed by atoms with Gasteiger partial charge in [-0.2, -0.15) is 0 Å². The molecule has 0 saturated heterocycles. The molecule has 0 aliphatic rings. The molecule has 28 heavy (non-hydrogen) atoms. The summed E-state index contributed by atoms with van der Waals surface area (Å²) < 4.78 is 11.7. The minimum atomic E-state index is 0. The van der Waals surface area contributed by atoms with Crippen LogP contribution in [-0.4, -0.2) is 11.6 Å². The van der Waals surface area contributed by atoms with E-state index in [2.05, 4.69) is 33.9 Å². The monoisotopic (exact) mass is 460 g/mol. The first-order valence-electron chi connectivity index (χ1n) is 8.46. The van der Waals surface area contributed by atoms with Crippen molar-refractivity contribution in [3.05, 3.63) is 75.2 Å². The molecule has 2 heterocycles. The Bertz CT molecular complexity index is 815. The van der Waals surface area contributed by atoms with Crippen LogP contribution in [0.5, 0.6) is 11.5 Å². The molecule has 3 aromatic rings. The van der Waals surface area contributed by atoms with Crippen molar-refractivity contribution < 1.29 is 9.47 Å². The largest absolute Gasteiger partial charge is 0.490 e. The second-order valence-corrected chi connectivity index (χ2v) is 7.09. The molecule has 3 rings (SSSR count). The number of thiophene rings is 1. The highest BCUT2D eigenvalue weighted by molar-refractivity contribution is 7.09. The number of ether oxygens (including phenoxy) is 2. The van der Waals surface area contributed by atoms with Crippen molar-refractivity contribution in [2.45, 2.75) is 26.6 Å². The van der Waals surface area contributed by atoms with Gasteiger partial charge in [0.25, 0.3) is 0 Å². The van der Waals surface area contributed by atoms with Crippen LogP contribution < -0.4 is 14.8 Å². The lowest BCUT2D eigenvalue weighted by atomic mass is 10.2. The number of nitrogens with zero attached hydrogens (tertiary/aromatic N) is 1. The maximum Gasteiger partial charge on any atom is 0.161 e. The molecule has 0 bridgehead atoms. The van der Waals surface area contributed by atoms with Gasteiger partial charge in [0.15, 0.2) is 11.5 Å². The van der Waals surface area contributed by atoms with E-state index in [4.69, 9.17) is 21.1 Å². The fourth-order valence-corrected chi connectivity index (χ4v) is 3.23. The first kappa shape index (κ1) is 24.5. The summed E-state index contributed by atoms with van der Waals surface area (Å²) in [7, 11) is 0. The van der Waals surface area contributed by atoms with Gasteiger partial charge in [-0.25, -0.2) is 4.98 Å². The summed E-state index contributed by atoms with van der Waals surface area (Å²) in [6, 6.07) is 13.9. The molecule has 4 nitrogen and oxygen atoms in total. The van der Waals surface area contributed by atoms with Crippen LogP contribution in [0.2, 0.25) is 5.15 Å². The normalized spacial score (nSPS) is 9.93. The van der Waals surface area contributed by atoms with Crippen molar-refractivity contribution in [2.24, 2.45) is 0 Å². The Kier molecular flexibility index (Phi) is 11.3. The van der Waals surface area contributed by atoms with Gasteiger partial charge in [-0.15, -0.1) is 36.2 Å². The van der Waals surface area contributed by atoms with Crippen LogP contribution in [-0.2, 0) is 19.7 Å². The van der Waals surface area contributed by atoms with E-state index in [1.54, 1.807) is 23.6 Å². The number of pyridine rings is 1. The molecule has 0 amide bonds. The summed E-state index contributed by atoms with van der Waals surface area (Å²) in [5.74, 6) is 1.48. The maximum atomic E-state index is 5.91. The molecule has 1 aromatic carbocycles. The third-order valence-corrected chi connectivity index (χ3v) is 4.80. The highest BCUT2D eigenvalue weighted by Gasteiger charge is 2.07. The van der Waals surface area contributed by atoms with Crippen molar-refractivity contribution >= 4 is 47.8 Å². The van der Waals surface area contributed by atoms with E-state index in [0.29, 0.717) is 18.4 Å². The van der Waals surface area contributed by atoms with Crippen molar-refractivity contribution in [3.8, 4) is 11.5 Å². The quantitative estimate of drug-likeness (QED) is 0.402. The van der Waals surface area contributed by atoms with Crippen LogP contribution in [0.3, 0.4) is 0 Å². The molecule has 0 fully saturated rings. The Hall–Kier alpha value is -1.50. The SMILES string of the molecule is CCOc1cc(CNCc2cccs2)ccc1OCc1ccc(Cl)nc1.Cl.Cl. The van der Waals surface area contributed by atoms with E-state index < -0.39 is 0 Å². The summed E-state index contributed by atoms with van der Waals surface area (Å²) in [6.45, 7) is 4.61. The number of hydrogen-bond donors (Lipinski definition) is 1. The van der Waals surface area contributed by atoms with Crippen LogP contribution in [0.15, 0.2) is 54.0 Å². The zero-order chi connectivity index (χ0) is 18.2. The topological polar surface area (TPSA) is 43.4 Å². The van der Waals surface area contributed by atoms with Gasteiger partial charge < -0.3 is 14.8 Å². The minimum Gasteiger partial charge on any atom is -0.490 e. The molecule has 0 atom stereocenters. The molecule has 1 N–H and O–H groups in total. The predicted molar refractivity (Wildman–Crippen MR) is 121 cm³/mol. The average molecular weight is 462 g/mol. The van der Waals surface area contributed by atoms with Crippen LogP contribution in [0, 0.1) is 0 Å². The van der Waals surface area contributed by atoms with E-state index >= 15 is 0 Å². The summed E-state index contributed by atoms with van der Waals surface area (Å²) >= 11 is 7.57. The minimum absolute atomic E-state index is 0. The summed E-state index contributed by atoms with van der Waals surface area (Å²) in [5.41, 5.74) is 2.11. The van der Waals surface area contributed by atoms with E-state index in [0.717, 1.165) is 35.7 Å². The van der Waals surface area contributed by atoms with Gasteiger partial charge in [-0.1, -0.05) is 29.8 Å². The van der Waals surface area contributed by atoms with E-state index in [1.165, 1.54) is 4.88 Å². The standard InChI is InChI=1S/C20H21ClN2O2S.2ClH/c1-2-24-19-10-15(11-22-13-17-4-3-9-26-17)5-7-18(19)25-14-16-6-8-20(21)23-12-16;;/h3-10,12,22H,2,11,13-14H2,1H3;2*1H. The van der Waals surface area contributed by atoms with Crippen molar-refractivity contribution in [3.63, 3.8) is 0 Å². The van der Waals surface area contributed by atoms with Crippen molar-refractivity contribution in [1.29, 1.82) is 0 Å². The van der Waals surface area contributed by atoms with E-state index in [-0.39, 0.29) is 24.8 Å². The third-order valence-electron chi connectivity index (χ3n) is 3.70. The Balaban J connectivity index is 0.00000196. The number of hydrogen-bond acceptors (Lipinski definition) is 5. The predicted octanol–water partition coefficient (Wildman–Crippen LogP) is 5.91. The smallest absolute Gasteiger partial charge is 0.161 e. The second kappa shape index (κ2) is 12.9. The van der Waals surface area contributed by atoms with Gasteiger partial charge in [0, 0.05) is 29.7 Å². The van der Waals surface area contributed by atoms with Crippen LogP contribution in [0.4, 0.5) is 0 Å². The molecule has 0 aliphatic heterocycles. The van der Waals surface area contributed by atoms with Gasteiger partial charge in [0.2, 0.25) is 0 Å². The fourth-order valence-electron chi connectivity index (χ4n) is 2.45. The van der Waals surface area contributed by atoms with Gasteiger partial charge in [-0.3, -0.25) is 0 Å². The number of halogens is 3. The Morgan fingerprint density at radius 3 is 2.50 bits per heavy atom. The summed E-state index contributed by atoms with van der Waals surface area (Å²) in [4.78, 5) is 5.39. The molecular formula is C20H23Cl3N2O2S. The lowest BCUT2D eigenvalue weighted by Crippen LogP contribution is -2.12. The van der Waals surface area contributed by atoms with E-state index in [1.807, 2.05) is 25.1 Å². The van der Waals surface area contributed by atoms with Crippen molar-refractivity contribution in [2.75, 3.05) is 6.61 Å². The molecule has 0 unspecified atom stereocenters.